The molecule has 1 saturated carbocycles. The van der Waals surface area contributed by atoms with Crippen LogP contribution in [0.1, 0.15) is 52.9 Å². The number of pyridine rings is 1. The van der Waals surface area contributed by atoms with Gasteiger partial charge in [-0.2, -0.15) is 0 Å². The lowest BCUT2D eigenvalue weighted by Gasteiger charge is -2.42. The van der Waals surface area contributed by atoms with Crippen LogP contribution in [0.15, 0.2) is 18.3 Å². The highest BCUT2D eigenvalue weighted by Crippen LogP contribution is 2.45. The molecular weight excluding hydrogens is 372 g/mol. The minimum Gasteiger partial charge on any atom is -0.481 e. The number of imide groups is 1. The topological polar surface area (TPSA) is 101 Å². The molecule has 0 unspecified atom stereocenters. The molecule has 3 rings (SSSR count). The number of anilines is 1. The number of rotatable bonds is 6. The molecule has 4 amide bonds. The van der Waals surface area contributed by atoms with Crippen LogP contribution in [-0.2, 0) is 9.59 Å². The van der Waals surface area contributed by atoms with Crippen molar-refractivity contribution in [3.8, 4) is 5.88 Å². The van der Waals surface area contributed by atoms with E-state index in [1.54, 1.807) is 12.1 Å². The van der Waals surface area contributed by atoms with Gasteiger partial charge >= 0.3 is 6.03 Å². The van der Waals surface area contributed by atoms with Gasteiger partial charge in [-0.1, -0.05) is 27.2 Å². The first-order valence-electron chi connectivity index (χ1n) is 10.1. The summed E-state index contributed by atoms with van der Waals surface area (Å²) in [5, 5.41) is 5.53. The lowest BCUT2D eigenvalue weighted by atomic mass is 9.65. The van der Waals surface area contributed by atoms with Crippen LogP contribution in [0.3, 0.4) is 0 Å². The Kier molecular flexibility index (Phi) is 5.82. The van der Waals surface area contributed by atoms with Gasteiger partial charge in [0.25, 0.3) is 5.91 Å². The van der Waals surface area contributed by atoms with E-state index in [1.807, 2.05) is 0 Å². The molecule has 0 aromatic carbocycles. The molecule has 0 bridgehead atoms. The predicted molar refractivity (Wildman–Crippen MR) is 108 cm³/mol. The number of urea groups is 1. The Morgan fingerprint density at radius 1 is 1.34 bits per heavy atom. The van der Waals surface area contributed by atoms with Crippen molar-refractivity contribution in [3.05, 3.63) is 18.3 Å². The summed E-state index contributed by atoms with van der Waals surface area (Å²) >= 11 is 0. The predicted octanol–water partition coefficient (Wildman–Crippen LogP) is 2.95. The van der Waals surface area contributed by atoms with Gasteiger partial charge in [0.15, 0.2) is 0 Å². The van der Waals surface area contributed by atoms with Crippen LogP contribution in [0.5, 0.6) is 5.88 Å². The highest BCUT2D eigenvalue weighted by molar-refractivity contribution is 6.10. The summed E-state index contributed by atoms with van der Waals surface area (Å²) in [6, 6.07) is 2.77. The maximum atomic E-state index is 13.0. The molecule has 2 aliphatic rings. The molecule has 1 aliphatic carbocycles. The Morgan fingerprint density at radius 3 is 2.59 bits per heavy atom. The highest BCUT2D eigenvalue weighted by Gasteiger charge is 2.53. The summed E-state index contributed by atoms with van der Waals surface area (Å²) in [7, 11) is 1.50. The maximum Gasteiger partial charge on any atom is 0.325 e. The van der Waals surface area contributed by atoms with Crippen molar-refractivity contribution in [2.45, 2.75) is 58.4 Å². The van der Waals surface area contributed by atoms with Crippen molar-refractivity contribution in [1.82, 2.24) is 15.2 Å². The summed E-state index contributed by atoms with van der Waals surface area (Å²) in [6.07, 6.45) is 5.56. The number of amides is 4. The first-order valence-corrected chi connectivity index (χ1v) is 10.1. The van der Waals surface area contributed by atoms with Crippen molar-refractivity contribution in [3.63, 3.8) is 0 Å². The Bertz CT molecular complexity index is 782. The molecule has 1 aromatic heterocycles. The molecule has 0 radical (unpaired) electrons. The van der Waals surface area contributed by atoms with Gasteiger partial charge in [-0.3, -0.25) is 14.5 Å². The summed E-state index contributed by atoms with van der Waals surface area (Å²) in [6.45, 7) is 6.39. The van der Waals surface area contributed by atoms with Crippen molar-refractivity contribution in [2.24, 2.45) is 11.3 Å². The smallest absolute Gasteiger partial charge is 0.325 e. The van der Waals surface area contributed by atoms with Crippen LogP contribution in [0, 0.1) is 11.3 Å². The number of hydrogen-bond acceptors (Lipinski definition) is 5. The van der Waals surface area contributed by atoms with Crippen molar-refractivity contribution < 1.29 is 19.1 Å². The first-order chi connectivity index (χ1) is 13.7. The van der Waals surface area contributed by atoms with E-state index in [4.69, 9.17) is 4.74 Å². The van der Waals surface area contributed by atoms with Gasteiger partial charge in [-0.05, 0) is 43.1 Å². The average molecular weight is 402 g/mol. The monoisotopic (exact) mass is 402 g/mol. The number of methoxy groups -OCH3 is 1. The van der Waals surface area contributed by atoms with E-state index in [0.29, 0.717) is 30.3 Å². The number of aromatic nitrogens is 1. The van der Waals surface area contributed by atoms with Gasteiger partial charge in [0, 0.05) is 6.07 Å². The molecule has 1 saturated heterocycles. The summed E-state index contributed by atoms with van der Waals surface area (Å²) in [4.78, 5) is 42.9. The van der Waals surface area contributed by atoms with E-state index in [-0.39, 0.29) is 17.9 Å². The third kappa shape index (κ3) is 4.21. The molecule has 158 valence electrons. The lowest BCUT2D eigenvalue weighted by Crippen LogP contribution is -2.51. The fraction of sp³-hybridized carbons (Fsp3) is 0.619. The molecule has 2 heterocycles. The van der Waals surface area contributed by atoms with E-state index in [2.05, 4.69) is 36.4 Å². The van der Waals surface area contributed by atoms with Gasteiger partial charge in [0.2, 0.25) is 11.8 Å². The van der Waals surface area contributed by atoms with Crippen LogP contribution in [0.4, 0.5) is 10.5 Å². The Hall–Kier alpha value is -2.64. The molecule has 1 aliphatic heterocycles. The molecule has 2 N–H and O–H groups in total. The molecule has 8 nitrogen and oxygen atoms in total. The molecule has 2 fully saturated rings. The largest absolute Gasteiger partial charge is 0.481 e. The number of nitrogens with one attached hydrogen (secondary N) is 2. The van der Waals surface area contributed by atoms with Crippen LogP contribution in [0.2, 0.25) is 0 Å². The fourth-order valence-electron chi connectivity index (χ4n) is 4.26. The van der Waals surface area contributed by atoms with Gasteiger partial charge in [-0.15, -0.1) is 0 Å². The Morgan fingerprint density at radius 2 is 2.03 bits per heavy atom. The number of carbonyl (C=O) groups is 3. The molecule has 0 atom stereocenters. The summed E-state index contributed by atoms with van der Waals surface area (Å²) < 4.78 is 4.98. The van der Waals surface area contributed by atoms with Gasteiger partial charge < -0.3 is 15.4 Å². The Balaban J connectivity index is 1.61. The quantitative estimate of drug-likeness (QED) is 0.713. The zero-order chi connectivity index (χ0) is 21.2. The summed E-state index contributed by atoms with van der Waals surface area (Å²) in [5.74, 6) is 0.222. The maximum absolute atomic E-state index is 13.0. The normalized spacial score (nSPS) is 24.6. The van der Waals surface area contributed by atoms with Gasteiger partial charge in [0.1, 0.15) is 12.1 Å². The lowest BCUT2D eigenvalue weighted by molar-refractivity contribution is -0.135. The summed E-state index contributed by atoms with van der Waals surface area (Å²) in [5.41, 5.74) is -0.168. The molecule has 1 spiro atoms. The zero-order valence-corrected chi connectivity index (χ0v) is 17.6. The van der Waals surface area contributed by atoms with Crippen LogP contribution < -0.4 is 15.4 Å². The highest BCUT2D eigenvalue weighted by atomic mass is 16.5. The van der Waals surface area contributed by atoms with E-state index >= 15 is 0 Å². The minimum absolute atomic E-state index is 0.221. The number of carbonyl (C=O) groups excluding carboxylic acids is 3. The van der Waals surface area contributed by atoms with Crippen molar-refractivity contribution in [2.75, 3.05) is 19.0 Å². The van der Waals surface area contributed by atoms with E-state index in [1.165, 1.54) is 13.3 Å². The third-order valence-corrected chi connectivity index (χ3v) is 6.63. The molecule has 8 heteroatoms. The second-order valence-electron chi connectivity index (χ2n) is 8.66. The van der Waals surface area contributed by atoms with E-state index < -0.39 is 17.5 Å². The molecule has 29 heavy (non-hydrogen) atoms. The molecular formula is C21H30N4O4. The zero-order valence-electron chi connectivity index (χ0n) is 17.6. The Labute approximate surface area is 171 Å². The van der Waals surface area contributed by atoms with Gasteiger partial charge in [-0.25, -0.2) is 9.78 Å². The second-order valence-corrected chi connectivity index (χ2v) is 8.66. The number of nitrogens with zero attached hydrogens (tertiary/aromatic N) is 2. The average Bonchev–Trinajstić information content (AvgIpc) is 2.93. The van der Waals surface area contributed by atoms with Crippen LogP contribution in [0.25, 0.3) is 0 Å². The van der Waals surface area contributed by atoms with Gasteiger partial charge in [0.05, 0.1) is 19.0 Å². The van der Waals surface area contributed by atoms with Crippen molar-refractivity contribution in [1.29, 1.82) is 0 Å². The van der Waals surface area contributed by atoms with Crippen LogP contribution in [-0.4, -0.2) is 46.9 Å². The fourth-order valence-corrected chi connectivity index (χ4v) is 4.26. The second kappa shape index (κ2) is 8.00. The number of ether oxygens (including phenoxy) is 1. The first kappa shape index (κ1) is 21.1. The van der Waals surface area contributed by atoms with Crippen LogP contribution >= 0.6 is 0 Å². The molecule has 1 aromatic rings. The SMILES string of the molecule is CCC(C)(C)C1CCC2(CC1)NC(=O)N(CC(=O)Nc1ccc(OC)nc1)C2=O. The van der Waals surface area contributed by atoms with E-state index in [0.717, 1.165) is 24.2 Å². The van der Waals surface area contributed by atoms with Crippen molar-refractivity contribution >= 4 is 23.5 Å². The minimum atomic E-state index is -0.862. The van der Waals surface area contributed by atoms with E-state index in [9.17, 15) is 14.4 Å². The third-order valence-electron chi connectivity index (χ3n) is 6.63. The standard InChI is InChI=1S/C21H30N4O4/c1-5-20(2,3)14-8-10-21(11-9-14)18(27)25(19(28)24-21)13-16(26)23-15-6-7-17(29-4)22-12-15/h6-7,12,14H,5,8-11,13H2,1-4H3,(H,23,26)(H,24,28). The number of hydrogen-bond donors (Lipinski definition) is 2.